The maximum Gasteiger partial charge on any atom is 0.272 e. The summed E-state index contributed by atoms with van der Waals surface area (Å²) in [4.78, 5) is 48.1. The van der Waals surface area contributed by atoms with Crippen molar-refractivity contribution in [3.8, 4) is 11.3 Å². The van der Waals surface area contributed by atoms with Crippen molar-refractivity contribution in [1.29, 1.82) is 0 Å². The topological polar surface area (TPSA) is 116 Å². The number of carbonyl (C=O) groups is 3. The Hall–Kier alpha value is -5.52. The number of thiazole rings is 1. The van der Waals surface area contributed by atoms with E-state index in [1.54, 1.807) is 79.2 Å². The van der Waals surface area contributed by atoms with Gasteiger partial charge in [-0.2, -0.15) is 0 Å². The number of carbonyl (C=O) groups excluding carboxylic acids is 3. The first-order valence-electron chi connectivity index (χ1n) is 14.6. The van der Waals surface area contributed by atoms with Gasteiger partial charge in [0, 0.05) is 49.8 Å². The van der Waals surface area contributed by atoms with Gasteiger partial charge in [-0.3, -0.25) is 14.4 Å². The first-order chi connectivity index (χ1) is 22.8. The van der Waals surface area contributed by atoms with Crippen molar-refractivity contribution in [3.63, 3.8) is 0 Å². The molecule has 6 aromatic rings. The van der Waals surface area contributed by atoms with Crippen molar-refractivity contribution in [3.05, 3.63) is 137 Å². The molecule has 4 aromatic carbocycles. The number of aromatic amines is 1. The van der Waals surface area contributed by atoms with Crippen LogP contribution in [0, 0.1) is 5.82 Å². The minimum atomic E-state index is -0.506. The van der Waals surface area contributed by atoms with Crippen LogP contribution in [0.3, 0.4) is 0 Å². The summed E-state index contributed by atoms with van der Waals surface area (Å²) in [7, 11) is 0. The number of hydrogen-bond acceptors (Lipinski definition) is 6. The maximum atomic E-state index is 13.6. The molecule has 2 aromatic heterocycles. The van der Waals surface area contributed by atoms with E-state index >= 15 is 0 Å². The lowest BCUT2D eigenvalue weighted by Gasteiger charge is -2.13. The second kappa shape index (κ2) is 14.3. The Morgan fingerprint density at radius 2 is 1.68 bits per heavy atom. The number of nitrogens with zero attached hydrogens (tertiary/aromatic N) is 1. The minimum Gasteiger partial charge on any atom is -0.361 e. The van der Waals surface area contributed by atoms with Crippen LogP contribution in [-0.2, 0) is 9.59 Å². The lowest BCUT2D eigenvalue weighted by molar-refractivity contribution is -0.115. The Morgan fingerprint density at radius 3 is 2.49 bits per heavy atom. The summed E-state index contributed by atoms with van der Waals surface area (Å²) in [5.74, 6) is -1.49. The molecule has 1 atom stereocenters. The number of anilines is 2. The van der Waals surface area contributed by atoms with Gasteiger partial charge in [-0.15, -0.1) is 23.1 Å². The number of H-pyrrole nitrogens is 1. The number of aromatic nitrogens is 2. The van der Waals surface area contributed by atoms with Crippen LogP contribution < -0.4 is 16.0 Å². The summed E-state index contributed by atoms with van der Waals surface area (Å²) in [6.07, 6.45) is 3.42. The molecule has 234 valence electrons. The summed E-state index contributed by atoms with van der Waals surface area (Å²) in [6.45, 7) is 1.78. The van der Waals surface area contributed by atoms with Crippen molar-refractivity contribution in [2.75, 3.05) is 10.6 Å². The van der Waals surface area contributed by atoms with E-state index in [1.807, 2.05) is 36.4 Å². The molecule has 6 rings (SSSR count). The standard InChI is InChI=1S/C36H28FN5O3S2/c1-22(33(43)42-36-41-32(21-46-36)23-14-16-26(37)17-15-23)47-28-11-7-10-27(19-28)39-35(45)31(40-34(44)24-8-3-2-4-9-24)18-25-20-38-30-13-6-5-12-29(25)30/h2-22,38H,1H3,(H,39,45)(H,40,44)(H,41,42,43)/b31-18-. The quantitative estimate of drug-likeness (QED) is 0.0879. The van der Waals surface area contributed by atoms with Crippen LogP contribution in [0.4, 0.5) is 15.2 Å². The van der Waals surface area contributed by atoms with Gasteiger partial charge in [-0.25, -0.2) is 9.37 Å². The number of amides is 3. The number of halogens is 1. The van der Waals surface area contributed by atoms with Gasteiger partial charge in [0.2, 0.25) is 5.91 Å². The molecule has 0 spiro atoms. The summed E-state index contributed by atoms with van der Waals surface area (Å²) >= 11 is 2.61. The molecule has 0 aliphatic heterocycles. The van der Waals surface area contributed by atoms with Crippen molar-refractivity contribution in [2.24, 2.45) is 0 Å². The zero-order valence-electron chi connectivity index (χ0n) is 25.0. The van der Waals surface area contributed by atoms with Crippen LogP contribution in [0.2, 0.25) is 0 Å². The monoisotopic (exact) mass is 661 g/mol. The molecular weight excluding hydrogens is 634 g/mol. The second-order valence-corrected chi connectivity index (χ2v) is 12.7. The third-order valence-corrected chi connectivity index (χ3v) is 8.95. The van der Waals surface area contributed by atoms with E-state index in [9.17, 15) is 18.8 Å². The van der Waals surface area contributed by atoms with E-state index in [0.29, 0.717) is 22.1 Å². The molecule has 0 bridgehead atoms. The summed E-state index contributed by atoms with van der Waals surface area (Å²) in [6, 6.07) is 29.5. The molecule has 8 nitrogen and oxygen atoms in total. The average molecular weight is 662 g/mol. The minimum absolute atomic E-state index is 0.0675. The Kier molecular flexibility index (Phi) is 9.56. The molecule has 3 amide bonds. The van der Waals surface area contributed by atoms with E-state index < -0.39 is 17.1 Å². The summed E-state index contributed by atoms with van der Waals surface area (Å²) in [5, 5.41) is 11.2. The van der Waals surface area contributed by atoms with Crippen LogP contribution in [0.15, 0.2) is 125 Å². The molecule has 1 unspecified atom stereocenters. The molecular formula is C36H28FN5O3S2. The highest BCUT2D eigenvalue weighted by molar-refractivity contribution is 8.00. The van der Waals surface area contributed by atoms with Crippen LogP contribution in [0.5, 0.6) is 0 Å². The largest absolute Gasteiger partial charge is 0.361 e. The Labute approximate surface area is 278 Å². The third kappa shape index (κ3) is 7.83. The SMILES string of the molecule is CC(Sc1cccc(NC(=O)/C(=C/c2c[nH]c3ccccc23)NC(=O)c2ccccc2)c1)C(=O)Nc1nc(-c2ccc(F)cc2)cs1. The molecule has 4 N–H and O–H groups in total. The molecule has 0 saturated carbocycles. The van der Waals surface area contributed by atoms with Crippen molar-refractivity contribution in [1.82, 2.24) is 15.3 Å². The highest BCUT2D eigenvalue weighted by atomic mass is 32.2. The van der Waals surface area contributed by atoms with Gasteiger partial charge in [-0.1, -0.05) is 42.5 Å². The number of rotatable bonds is 10. The van der Waals surface area contributed by atoms with E-state index in [4.69, 9.17) is 0 Å². The van der Waals surface area contributed by atoms with Crippen LogP contribution in [-0.4, -0.2) is 32.9 Å². The van der Waals surface area contributed by atoms with Gasteiger partial charge in [0.15, 0.2) is 5.13 Å². The number of hydrogen-bond donors (Lipinski definition) is 4. The smallest absolute Gasteiger partial charge is 0.272 e. The summed E-state index contributed by atoms with van der Waals surface area (Å²) < 4.78 is 13.3. The number of benzene rings is 4. The van der Waals surface area contributed by atoms with Crippen molar-refractivity contribution < 1.29 is 18.8 Å². The fraction of sp³-hybridized carbons (Fsp3) is 0.0556. The van der Waals surface area contributed by atoms with Gasteiger partial charge in [0.1, 0.15) is 11.5 Å². The zero-order valence-corrected chi connectivity index (χ0v) is 26.6. The van der Waals surface area contributed by atoms with Gasteiger partial charge >= 0.3 is 0 Å². The lowest BCUT2D eigenvalue weighted by Crippen LogP contribution is -2.30. The fourth-order valence-electron chi connectivity index (χ4n) is 4.71. The number of para-hydroxylation sites is 1. The number of fused-ring (bicyclic) bond motifs is 1. The predicted octanol–water partition coefficient (Wildman–Crippen LogP) is 7.96. The third-order valence-electron chi connectivity index (χ3n) is 7.10. The number of thioether (sulfide) groups is 1. The van der Waals surface area contributed by atoms with E-state index in [-0.39, 0.29) is 17.4 Å². The predicted molar refractivity (Wildman–Crippen MR) is 187 cm³/mol. The number of nitrogens with one attached hydrogen (secondary N) is 4. The zero-order chi connectivity index (χ0) is 32.8. The molecule has 0 aliphatic carbocycles. The second-order valence-electron chi connectivity index (χ2n) is 10.4. The Bertz CT molecular complexity index is 2090. The molecule has 0 fully saturated rings. The van der Waals surface area contributed by atoms with Gasteiger partial charge in [0.05, 0.1) is 10.9 Å². The van der Waals surface area contributed by atoms with Crippen LogP contribution >= 0.6 is 23.1 Å². The van der Waals surface area contributed by atoms with Crippen LogP contribution in [0.1, 0.15) is 22.8 Å². The van der Waals surface area contributed by atoms with Gasteiger partial charge in [-0.05, 0) is 73.7 Å². The van der Waals surface area contributed by atoms with Gasteiger partial charge in [0.25, 0.3) is 11.8 Å². The normalized spacial score (nSPS) is 12.0. The lowest BCUT2D eigenvalue weighted by atomic mass is 10.1. The molecule has 47 heavy (non-hydrogen) atoms. The maximum absolute atomic E-state index is 13.6. The van der Waals surface area contributed by atoms with Gasteiger partial charge < -0.3 is 20.9 Å². The highest BCUT2D eigenvalue weighted by Crippen LogP contribution is 2.29. The van der Waals surface area contributed by atoms with E-state index in [1.165, 1.54) is 35.2 Å². The van der Waals surface area contributed by atoms with Crippen molar-refractivity contribution in [2.45, 2.75) is 17.1 Å². The highest BCUT2D eigenvalue weighted by Gasteiger charge is 2.19. The Balaban J connectivity index is 1.14. The summed E-state index contributed by atoms with van der Waals surface area (Å²) in [5.41, 5.74) is 4.02. The average Bonchev–Trinajstić information content (AvgIpc) is 3.72. The molecule has 11 heteroatoms. The van der Waals surface area contributed by atoms with Crippen LogP contribution in [0.25, 0.3) is 28.2 Å². The Morgan fingerprint density at radius 1 is 0.915 bits per heavy atom. The molecule has 2 heterocycles. The molecule has 0 saturated heterocycles. The van der Waals surface area contributed by atoms with Crippen molar-refractivity contribution >= 4 is 68.6 Å². The molecule has 0 aliphatic rings. The first kappa shape index (κ1) is 31.5. The molecule has 0 radical (unpaired) electrons. The van der Waals surface area contributed by atoms with E-state index in [0.717, 1.165) is 26.9 Å². The van der Waals surface area contributed by atoms with E-state index in [2.05, 4.69) is 25.9 Å². The fourth-order valence-corrected chi connectivity index (χ4v) is 6.35. The first-order valence-corrected chi connectivity index (χ1v) is 16.3.